The summed E-state index contributed by atoms with van der Waals surface area (Å²) in [7, 11) is 3.20. The van der Waals surface area contributed by atoms with Crippen LogP contribution in [0.5, 0.6) is 11.5 Å². The molecule has 1 unspecified atom stereocenters. The molecule has 112 valence electrons. The van der Waals surface area contributed by atoms with Crippen molar-refractivity contribution >= 4 is 55.1 Å². The zero-order chi connectivity index (χ0) is 15.6. The van der Waals surface area contributed by atoms with E-state index in [2.05, 4.69) is 31.9 Å². The van der Waals surface area contributed by atoms with Gasteiger partial charge in [-0.15, -0.1) is 11.6 Å². The molecule has 0 aliphatic rings. The molecule has 2 nitrogen and oxygen atoms in total. The van der Waals surface area contributed by atoms with E-state index in [0.29, 0.717) is 16.5 Å². The third-order valence-corrected chi connectivity index (χ3v) is 5.20. The van der Waals surface area contributed by atoms with Gasteiger partial charge in [0.25, 0.3) is 0 Å². The van der Waals surface area contributed by atoms with Gasteiger partial charge in [0.05, 0.1) is 19.6 Å². The Morgan fingerprint density at radius 1 is 1.00 bits per heavy atom. The van der Waals surface area contributed by atoms with Crippen molar-refractivity contribution < 1.29 is 9.47 Å². The fraction of sp³-hybridized carbons (Fsp3) is 0.200. The van der Waals surface area contributed by atoms with E-state index in [4.69, 9.17) is 32.7 Å². The molecular formula is C15H12Br2Cl2O2. The Labute approximate surface area is 150 Å². The van der Waals surface area contributed by atoms with Crippen LogP contribution in [0.1, 0.15) is 16.5 Å². The molecule has 2 aromatic carbocycles. The van der Waals surface area contributed by atoms with Crippen molar-refractivity contribution in [2.45, 2.75) is 5.38 Å². The Balaban J connectivity index is 2.55. The molecular weight excluding hydrogens is 443 g/mol. The fourth-order valence-electron chi connectivity index (χ4n) is 1.99. The second-order valence-electron chi connectivity index (χ2n) is 4.23. The number of benzene rings is 2. The maximum atomic E-state index is 6.63. The zero-order valence-corrected chi connectivity index (χ0v) is 16.0. The number of hydrogen-bond donors (Lipinski definition) is 0. The average Bonchev–Trinajstić information content (AvgIpc) is 2.48. The lowest BCUT2D eigenvalue weighted by Crippen LogP contribution is -2.00. The Hall–Kier alpha value is -0.420. The van der Waals surface area contributed by atoms with Crippen LogP contribution in [0.2, 0.25) is 5.02 Å². The topological polar surface area (TPSA) is 18.5 Å². The molecule has 0 saturated carbocycles. The Morgan fingerprint density at radius 2 is 1.71 bits per heavy atom. The smallest absolute Gasteiger partial charge is 0.141 e. The molecule has 0 fully saturated rings. The summed E-state index contributed by atoms with van der Waals surface area (Å²) in [6, 6.07) is 9.24. The number of hydrogen-bond acceptors (Lipinski definition) is 2. The third kappa shape index (κ3) is 3.50. The first-order valence-corrected chi connectivity index (χ1v) is 8.39. The third-order valence-electron chi connectivity index (χ3n) is 3.02. The number of ether oxygens (including phenoxy) is 2. The molecule has 0 spiro atoms. The molecule has 21 heavy (non-hydrogen) atoms. The Morgan fingerprint density at radius 3 is 2.33 bits per heavy atom. The van der Waals surface area contributed by atoms with Gasteiger partial charge in [0.2, 0.25) is 0 Å². The van der Waals surface area contributed by atoms with E-state index in [1.54, 1.807) is 20.3 Å². The summed E-state index contributed by atoms with van der Waals surface area (Å²) in [6.07, 6.45) is 0. The van der Waals surface area contributed by atoms with Crippen LogP contribution in [0, 0.1) is 0 Å². The van der Waals surface area contributed by atoms with E-state index in [0.717, 1.165) is 20.1 Å². The first-order valence-electron chi connectivity index (χ1n) is 5.99. The minimum atomic E-state index is -0.407. The van der Waals surface area contributed by atoms with Gasteiger partial charge in [0.1, 0.15) is 16.0 Å². The van der Waals surface area contributed by atoms with Crippen LogP contribution in [0.15, 0.2) is 39.3 Å². The van der Waals surface area contributed by atoms with Crippen LogP contribution < -0.4 is 9.47 Å². The van der Waals surface area contributed by atoms with E-state index in [-0.39, 0.29) is 0 Å². The van der Waals surface area contributed by atoms with Gasteiger partial charge >= 0.3 is 0 Å². The fourth-order valence-corrected chi connectivity index (χ4v) is 3.82. The monoisotopic (exact) mass is 452 g/mol. The number of methoxy groups -OCH3 is 2. The molecule has 0 saturated heterocycles. The molecule has 0 aliphatic heterocycles. The van der Waals surface area contributed by atoms with Crippen LogP contribution in [0.4, 0.5) is 0 Å². The number of rotatable bonds is 4. The Bertz CT molecular complexity index is 662. The minimum absolute atomic E-state index is 0.407. The number of halogens is 4. The van der Waals surface area contributed by atoms with Crippen LogP contribution in [0.3, 0.4) is 0 Å². The second-order valence-corrected chi connectivity index (χ2v) is 6.75. The van der Waals surface area contributed by atoms with Gasteiger partial charge in [0, 0.05) is 15.1 Å². The highest BCUT2D eigenvalue weighted by Gasteiger charge is 2.22. The van der Waals surface area contributed by atoms with E-state index in [9.17, 15) is 0 Å². The summed E-state index contributed by atoms with van der Waals surface area (Å²) in [6.45, 7) is 0. The SMILES string of the molecule is COc1ccc(C(Cl)c2cc(Cl)ccc2Br)c(OC)c1Br. The predicted molar refractivity (Wildman–Crippen MR) is 94.1 cm³/mol. The van der Waals surface area contributed by atoms with Crippen LogP contribution in [-0.4, -0.2) is 14.2 Å². The highest BCUT2D eigenvalue weighted by atomic mass is 79.9. The molecule has 2 aromatic rings. The molecule has 0 aromatic heterocycles. The van der Waals surface area contributed by atoms with Gasteiger partial charge in [-0.05, 0) is 51.8 Å². The van der Waals surface area contributed by atoms with Crippen molar-refractivity contribution in [3.63, 3.8) is 0 Å². The lowest BCUT2D eigenvalue weighted by Gasteiger charge is -2.18. The minimum Gasteiger partial charge on any atom is -0.495 e. The maximum Gasteiger partial charge on any atom is 0.141 e. The standard InChI is InChI=1S/C15H12Br2Cl2O2/c1-20-12-6-4-9(15(21-2)13(12)17)14(19)10-7-8(18)3-5-11(10)16/h3-7,14H,1-2H3. The molecule has 0 amide bonds. The molecule has 0 N–H and O–H groups in total. The predicted octanol–water partition coefficient (Wildman–Crippen LogP) is 6.21. The van der Waals surface area contributed by atoms with Crippen LogP contribution in [0.25, 0.3) is 0 Å². The van der Waals surface area contributed by atoms with Gasteiger partial charge in [-0.25, -0.2) is 0 Å². The van der Waals surface area contributed by atoms with Crippen molar-refractivity contribution in [1.82, 2.24) is 0 Å². The van der Waals surface area contributed by atoms with Gasteiger partial charge in [-0.3, -0.25) is 0 Å². The molecule has 0 radical (unpaired) electrons. The Kier molecular flexibility index (Phi) is 5.83. The molecule has 0 bridgehead atoms. The quantitative estimate of drug-likeness (QED) is 0.511. The molecule has 0 aliphatic carbocycles. The maximum absolute atomic E-state index is 6.63. The van der Waals surface area contributed by atoms with E-state index in [1.807, 2.05) is 24.3 Å². The number of alkyl halides is 1. The van der Waals surface area contributed by atoms with Crippen molar-refractivity contribution in [1.29, 1.82) is 0 Å². The second kappa shape index (κ2) is 7.23. The van der Waals surface area contributed by atoms with Crippen LogP contribution >= 0.6 is 55.1 Å². The van der Waals surface area contributed by atoms with Crippen molar-refractivity contribution in [3.8, 4) is 11.5 Å². The van der Waals surface area contributed by atoms with Crippen LogP contribution in [-0.2, 0) is 0 Å². The highest BCUT2D eigenvalue weighted by molar-refractivity contribution is 9.11. The highest BCUT2D eigenvalue weighted by Crippen LogP contribution is 2.45. The van der Waals surface area contributed by atoms with E-state index >= 15 is 0 Å². The van der Waals surface area contributed by atoms with Crippen molar-refractivity contribution in [2.24, 2.45) is 0 Å². The summed E-state index contributed by atoms with van der Waals surface area (Å²) in [5.41, 5.74) is 1.70. The van der Waals surface area contributed by atoms with Gasteiger partial charge in [0.15, 0.2) is 0 Å². The summed E-state index contributed by atoms with van der Waals surface area (Å²) < 4.78 is 12.4. The largest absolute Gasteiger partial charge is 0.495 e. The molecule has 0 heterocycles. The van der Waals surface area contributed by atoms with Crippen molar-refractivity contribution in [2.75, 3.05) is 14.2 Å². The summed E-state index contributed by atoms with van der Waals surface area (Å²) in [5.74, 6) is 1.32. The van der Waals surface area contributed by atoms with Gasteiger partial charge in [-0.2, -0.15) is 0 Å². The molecule has 6 heteroatoms. The molecule has 1 atom stereocenters. The van der Waals surface area contributed by atoms with E-state index < -0.39 is 5.38 Å². The summed E-state index contributed by atoms with van der Waals surface area (Å²) in [4.78, 5) is 0. The van der Waals surface area contributed by atoms with Gasteiger partial charge in [-0.1, -0.05) is 27.5 Å². The summed E-state index contributed by atoms with van der Waals surface area (Å²) in [5, 5.41) is 0.223. The van der Waals surface area contributed by atoms with Crippen molar-refractivity contribution in [3.05, 3.63) is 55.4 Å². The first-order chi connectivity index (χ1) is 9.99. The van der Waals surface area contributed by atoms with E-state index in [1.165, 1.54) is 0 Å². The zero-order valence-electron chi connectivity index (χ0n) is 11.3. The first kappa shape index (κ1) is 16.9. The summed E-state index contributed by atoms with van der Waals surface area (Å²) >= 11 is 19.7. The van der Waals surface area contributed by atoms with Gasteiger partial charge < -0.3 is 9.47 Å². The lowest BCUT2D eigenvalue weighted by molar-refractivity contribution is 0.386. The normalized spacial score (nSPS) is 12.1. The average molecular weight is 455 g/mol. The lowest BCUT2D eigenvalue weighted by atomic mass is 10.0. The molecule has 2 rings (SSSR count).